The van der Waals surface area contributed by atoms with Crippen molar-refractivity contribution in [2.24, 2.45) is 0 Å². The van der Waals surface area contributed by atoms with Crippen molar-refractivity contribution in [2.45, 2.75) is 26.1 Å². The molecule has 7 nitrogen and oxygen atoms in total. The molecule has 3 rings (SSSR count). The van der Waals surface area contributed by atoms with E-state index < -0.39 is 12.1 Å². The van der Waals surface area contributed by atoms with Gasteiger partial charge in [0, 0.05) is 25.7 Å². The molecule has 1 heterocycles. The maximum atomic E-state index is 12.1. The van der Waals surface area contributed by atoms with Crippen LogP contribution in [0.5, 0.6) is 0 Å². The monoisotopic (exact) mass is 385 g/mol. The molecule has 1 aliphatic heterocycles. The number of nitrogens with zero attached hydrogens (tertiary/aromatic N) is 1. The summed E-state index contributed by atoms with van der Waals surface area (Å²) in [7, 11) is 0. The average molecular weight is 385 g/mol. The van der Waals surface area contributed by atoms with Crippen LogP contribution in [0.1, 0.15) is 25.5 Å². The SMILES string of the molecule is CCOC(=O)COC(=O)NC(C)N1CCNCC1c1cccc2ccccc12. The number of benzene rings is 2. The van der Waals surface area contributed by atoms with Gasteiger partial charge in [0.15, 0.2) is 6.61 Å². The number of esters is 1. The second-order valence-electron chi connectivity index (χ2n) is 6.73. The second kappa shape index (κ2) is 9.52. The molecular weight excluding hydrogens is 358 g/mol. The zero-order valence-electron chi connectivity index (χ0n) is 16.3. The van der Waals surface area contributed by atoms with Crippen molar-refractivity contribution in [3.63, 3.8) is 0 Å². The van der Waals surface area contributed by atoms with Crippen LogP contribution in [-0.2, 0) is 14.3 Å². The lowest BCUT2D eigenvalue weighted by molar-refractivity contribution is -0.146. The molecule has 0 spiro atoms. The summed E-state index contributed by atoms with van der Waals surface area (Å²) >= 11 is 0. The fourth-order valence-corrected chi connectivity index (χ4v) is 3.64. The molecule has 2 unspecified atom stereocenters. The summed E-state index contributed by atoms with van der Waals surface area (Å²) in [6.45, 7) is 5.91. The molecule has 0 bridgehead atoms. The van der Waals surface area contributed by atoms with Gasteiger partial charge in [-0.2, -0.15) is 0 Å². The number of amides is 1. The van der Waals surface area contributed by atoms with Crippen LogP contribution in [0.25, 0.3) is 10.8 Å². The normalized spacial score (nSPS) is 18.4. The Hall–Kier alpha value is -2.64. The Morgan fingerprint density at radius 3 is 2.82 bits per heavy atom. The Kier molecular flexibility index (Phi) is 6.84. The van der Waals surface area contributed by atoms with E-state index in [2.05, 4.69) is 45.9 Å². The Morgan fingerprint density at radius 2 is 2.00 bits per heavy atom. The highest BCUT2D eigenvalue weighted by molar-refractivity contribution is 5.86. The van der Waals surface area contributed by atoms with Gasteiger partial charge in [-0.05, 0) is 30.2 Å². The minimum absolute atomic E-state index is 0.111. The lowest BCUT2D eigenvalue weighted by Gasteiger charge is -2.40. The molecule has 0 radical (unpaired) electrons. The first-order valence-electron chi connectivity index (χ1n) is 9.63. The summed E-state index contributed by atoms with van der Waals surface area (Å²) < 4.78 is 9.73. The number of piperazine rings is 1. The second-order valence-corrected chi connectivity index (χ2v) is 6.73. The third kappa shape index (κ3) is 4.79. The van der Waals surface area contributed by atoms with E-state index in [1.807, 2.05) is 19.1 Å². The van der Waals surface area contributed by atoms with E-state index in [0.717, 1.165) is 19.6 Å². The average Bonchev–Trinajstić information content (AvgIpc) is 2.72. The number of carbonyl (C=O) groups excluding carboxylic acids is 2. The number of carbonyl (C=O) groups is 2. The summed E-state index contributed by atoms with van der Waals surface area (Å²) in [6, 6.07) is 14.7. The number of nitrogens with one attached hydrogen (secondary N) is 2. The lowest BCUT2D eigenvalue weighted by Crippen LogP contribution is -2.55. The molecule has 28 heavy (non-hydrogen) atoms. The summed E-state index contributed by atoms with van der Waals surface area (Å²) in [4.78, 5) is 25.7. The van der Waals surface area contributed by atoms with E-state index in [4.69, 9.17) is 9.47 Å². The van der Waals surface area contributed by atoms with Gasteiger partial charge in [0.1, 0.15) is 0 Å². The predicted molar refractivity (Wildman–Crippen MR) is 107 cm³/mol. The predicted octanol–water partition coefficient (Wildman–Crippen LogP) is 2.42. The number of hydrogen-bond acceptors (Lipinski definition) is 6. The number of rotatable bonds is 6. The van der Waals surface area contributed by atoms with Crippen molar-refractivity contribution in [3.05, 3.63) is 48.0 Å². The molecule has 1 saturated heterocycles. The zero-order valence-corrected chi connectivity index (χ0v) is 16.3. The summed E-state index contributed by atoms with van der Waals surface area (Å²) in [5.41, 5.74) is 1.22. The smallest absolute Gasteiger partial charge is 0.408 e. The minimum atomic E-state index is -0.629. The van der Waals surface area contributed by atoms with Crippen LogP contribution >= 0.6 is 0 Å². The standard InChI is InChI=1S/C21H27N3O4/c1-3-27-20(25)14-28-21(26)23-15(2)24-12-11-22-13-19(24)18-10-6-8-16-7-4-5-9-17(16)18/h4-10,15,19,22H,3,11-14H2,1-2H3,(H,23,26). The highest BCUT2D eigenvalue weighted by atomic mass is 16.6. The van der Waals surface area contributed by atoms with E-state index in [0.29, 0.717) is 0 Å². The Bertz CT molecular complexity index is 821. The van der Waals surface area contributed by atoms with Gasteiger partial charge in [-0.3, -0.25) is 4.90 Å². The Morgan fingerprint density at radius 1 is 1.21 bits per heavy atom. The van der Waals surface area contributed by atoms with Gasteiger partial charge in [0.2, 0.25) is 0 Å². The topological polar surface area (TPSA) is 79.9 Å². The van der Waals surface area contributed by atoms with E-state index in [9.17, 15) is 9.59 Å². The molecule has 0 aromatic heterocycles. The van der Waals surface area contributed by atoms with Crippen LogP contribution < -0.4 is 10.6 Å². The minimum Gasteiger partial charge on any atom is -0.463 e. The van der Waals surface area contributed by atoms with E-state index >= 15 is 0 Å². The van der Waals surface area contributed by atoms with E-state index in [1.54, 1.807) is 6.92 Å². The van der Waals surface area contributed by atoms with Gasteiger partial charge < -0.3 is 20.1 Å². The quantitative estimate of drug-likeness (QED) is 0.744. The van der Waals surface area contributed by atoms with Crippen LogP contribution in [0, 0.1) is 0 Å². The van der Waals surface area contributed by atoms with Gasteiger partial charge in [-0.15, -0.1) is 0 Å². The number of hydrogen-bond donors (Lipinski definition) is 2. The van der Waals surface area contributed by atoms with E-state index in [1.165, 1.54) is 16.3 Å². The van der Waals surface area contributed by atoms with Gasteiger partial charge in [0.05, 0.1) is 12.8 Å². The highest BCUT2D eigenvalue weighted by Crippen LogP contribution is 2.30. The van der Waals surface area contributed by atoms with Crippen molar-refractivity contribution in [1.82, 2.24) is 15.5 Å². The van der Waals surface area contributed by atoms with Gasteiger partial charge in [-0.1, -0.05) is 42.5 Å². The first-order chi connectivity index (χ1) is 13.6. The van der Waals surface area contributed by atoms with Crippen LogP contribution in [0.2, 0.25) is 0 Å². The maximum Gasteiger partial charge on any atom is 0.408 e. The fourth-order valence-electron chi connectivity index (χ4n) is 3.64. The van der Waals surface area contributed by atoms with Crippen molar-refractivity contribution >= 4 is 22.8 Å². The number of alkyl carbamates (subject to hydrolysis) is 1. The molecule has 2 N–H and O–H groups in total. The Balaban J connectivity index is 1.70. The molecule has 2 aromatic rings. The van der Waals surface area contributed by atoms with Crippen LogP contribution in [0.15, 0.2) is 42.5 Å². The van der Waals surface area contributed by atoms with Crippen molar-refractivity contribution in [3.8, 4) is 0 Å². The highest BCUT2D eigenvalue weighted by Gasteiger charge is 2.29. The molecule has 7 heteroatoms. The van der Waals surface area contributed by atoms with Crippen LogP contribution in [0.3, 0.4) is 0 Å². The number of fused-ring (bicyclic) bond motifs is 1. The lowest BCUT2D eigenvalue weighted by atomic mass is 9.96. The number of ether oxygens (including phenoxy) is 2. The molecule has 150 valence electrons. The molecule has 2 atom stereocenters. The van der Waals surface area contributed by atoms with Gasteiger partial charge >= 0.3 is 12.1 Å². The van der Waals surface area contributed by atoms with E-state index in [-0.39, 0.29) is 25.4 Å². The molecule has 1 aliphatic rings. The molecule has 1 fully saturated rings. The summed E-state index contributed by atoms with van der Waals surface area (Å²) in [5, 5.41) is 8.67. The first kappa shape index (κ1) is 20.1. The van der Waals surface area contributed by atoms with Crippen molar-refractivity contribution in [1.29, 1.82) is 0 Å². The van der Waals surface area contributed by atoms with Crippen molar-refractivity contribution < 1.29 is 19.1 Å². The third-order valence-corrected chi connectivity index (χ3v) is 4.92. The zero-order chi connectivity index (χ0) is 19.9. The maximum absolute atomic E-state index is 12.1. The van der Waals surface area contributed by atoms with Crippen LogP contribution in [-0.4, -0.2) is 56.0 Å². The van der Waals surface area contributed by atoms with Crippen molar-refractivity contribution in [2.75, 3.05) is 32.8 Å². The summed E-state index contributed by atoms with van der Waals surface area (Å²) in [6.07, 6.45) is -0.878. The fraction of sp³-hybridized carbons (Fsp3) is 0.429. The Labute approximate surface area is 165 Å². The van der Waals surface area contributed by atoms with Gasteiger partial charge in [-0.25, -0.2) is 9.59 Å². The molecule has 0 saturated carbocycles. The summed E-state index contributed by atoms with van der Waals surface area (Å²) in [5.74, 6) is -0.555. The third-order valence-electron chi connectivity index (χ3n) is 4.92. The molecule has 2 aromatic carbocycles. The largest absolute Gasteiger partial charge is 0.463 e. The van der Waals surface area contributed by atoms with Gasteiger partial charge in [0.25, 0.3) is 0 Å². The van der Waals surface area contributed by atoms with Crippen LogP contribution in [0.4, 0.5) is 4.79 Å². The molecular formula is C21H27N3O4. The molecule has 1 amide bonds. The first-order valence-corrected chi connectivity index (χ1v) is 9.63. The molecule has 0 aliphatic carbocycles.